The second kappa shape index (κ2) is 5.18. The van der Waals surface area contributed by atoms with Crippen molar-refractivity contribution in [3.8, 4) is 0 Å². The van der Waals surface area contributed by atoms with Crippen molar-refractivity contribution >= 4 is 17.4 Å². The molecule has 1 atom stereocenters. The number of nitrogens with one attached hydrogen (secondary N) is 2. The van der Waals surface area contributed by atoms with Crippen LogP contribution < -0.4 is 10.6 Å². The van der Waals surface area contributed by atoms with E-state index in [4.69, 9.17) is 0 Å². The zero-order valence-corrected chi connectivity index (χ0v) is 9.22. The molecule has 0 radical (unpaired) electrons. The van der Waals surface area contributed by atoms with Gasteiger partial charge in [-0.15, -0.1) is 5.10 Å². The van der Waals surface area contributed by atoms with Gasteiger partial charge in [-0.3, -0.25) is 4.79 Å². The minimum atomic E-state index is -0.0593. The van der Waals surface area contributed by atoms with Crippen LogP contribution in [0.25, 0.3) is 0 Å². The first-order chi connectivity index (χ1) is 7.36. The van der Waals surface area contributed by atoms with Crippen molar-refractivity contribution < 1.29 is 4.79 Å². The quantitative estimate of drug-likeness (QED) is 0.773. The summed E-state index contributed by atoms with van der Waals surface area (Å²) in [6.07, 6.45) is 3.76. The Balaban J connectivity index is 1.67. The molecule has 1 saturated heterocycles. The molecule has 1 fully saturated rings. The molecule has 2 heterocycles. The fourth-order valence-electron chi connectivity index (χ4n) is 1.70. The van der Waals surface area contributed by atoms with Crippen LogP contribution in [0.15, 0.2) is 6.20 Å². The third-order valence-corrected chi connectivity index (χ3v) is 3.25. The molecule has 1 unspecified atom stereocenters. The zero-order valence-electron chi connectivity index (χ0n) is 8.40. The van der Waals surface area contributed by atoms with E-state index >= 15 is 0 Å². The van der Waals surface area contributed by atoms with Crippen LogP contribution in [0.4, 0.5) is 0 Å². The number of rotatable bonds is 4. The van der Waals surface area contributed by atoms with Gasteiger partial charge in [-0.1, -0.05) is 4.49 Å². The average molecular weight is 226 g/mol. The molecule has 6 heteroatoms. The first-order valence-electron chi connectivity index (χ1n) is 5.12. The van der Waals surface area contributed by atoms with Gasteiger partial charge in [0.2, 0.25) is 0 Å². The van der Waals surface area contributed by atoms with Gasteiger partial charge in [0.1, 0.15) is 4.88 Å². The van der Waals surface area contributed by atoms with Gasteiger partial charge >= 0.3 is 0 Å². The van der Waals surface area contributed by atoms with Crippen molar-refractivity contribution in [2.45, 2.75) is 12.8 Å². The van der Waals surface area contributed by atoms with E-state index < -0.39 is 0 Å². The summed E-state index contributed by atoms with van der Waals surface area (Å²) in [6.45, 7) is 2.93. The summed E-state index contributed by atoms with van der Waals surface area (Å²) in [4.78, 5) is 12.1. The first-order valence-corrected chi connectivity index (χ1v) is 5.90. The monoisotopic (exact) mass is 226 g/mol. The highest BCUT2D eigenvalue weighted by Crippen LogP contribution is 2.11. The maximum Gasteiger partial charge on any atom is 0.264 e. The van der Waals surface area contributed by atoms with Crippen molar-refractivity contribution in [3.05, 3.63) is 11.1 Å². The molecule has 15 heavy (non-hydrogen) atoms. The van der Waals surface area contributed by atoms with E-state index in [2.05, 4.69) is 20.2 Å². The third-order valence-electron chi connectivity index (χ3n) is 2.59. The Hall–Kier alpha value is -1.01. The standard InChI is InChI=1S/C9H14N4OS/c14-9(8-6-12-13-15-8)11-4-2-7-1-3-10-5-7/h6-7,10H,1-5H2,(H,11,14). The summed E-state index contributed by atoms with van der Waals surface area (Å²) in [5, 5.41) is 9.81. The lowest BCUT2D eigenvalue weighted by Crippen LogP contribution is -2.25. The number of aromatic nitrogens is 2. The van der Waals surface area contributed by atoms with E-state index in [0.29, 0.717) is 10.8 Å². The largest absolute Gasteiger partial charge is 0.351 e. The predicted molar refractivity (Wildman–Crippen MR) is 57.8 cm³/mol. The maximum atomic E-state index is 11.5. The highest BCUT2D eigenvalue weighted by molar-refractivity contribution is 7.07. The Bertz CT molecular complexity index is 308. The maximum absolute atomic E-state index is 11.5. The van der Waals surface area contributed by atoms with Crippen LogP contribution in [0.2, 0.25) is 0 Å². The number of nitrogens with zero attached hydrogens (tertiary/aromatic N) is 2. The van der Waals surface area contributed by atoms with Gasteiger partial charge in [0.15, 0.2) is 0 Å². The van der Waals surface area contributed by atoms with Crippen LogP contribution in [0, 0.1) is 5.92 Å². The van der Waals surface area contributed by atoms with E-state index in [1.54, 1.807) is 0 Å². The fraction of sp³-hybridized carbons (Fsp3) is 0.667. The van der Waals surface area contributed by atoms with Crippen LogP contribution in [-0.2, 0) is 0 Å². The Morgan fingerprint density at radius 3 is 3.33 bits per heavy atom. The van der Waals surface area contributed by atoms with E-state index in [9.17, 15) is 4.79 Å². The van der Waals surface area contributed by atoms with Gasteiger partial charge in [0.05, 0.1) is 6.20 Å². The first kappa shape index (κ1) is 10.5. The molecule has 1 aliphatic heterocycles. The van der Waals surface area contributed by atoms with E-state index in [0.717, 1.165) is 37.6 Å². The molecule has 5 nitrogen and oxygen atoms in total. The Morgan fingerprint density at radius 1 is 1.73 bits per heavy atom. The lowest BCUT2D eigenvalue weighted by Gasteiger charge is -2.07. The van der Waals surface area contributed by atoms with Crippen molar-refractivity contribution in [3.63, 3.8) is 0 Å². The molecule has 82 valence electrons. The summed E-state index contributed by atoms with van der Waals surface area (Å²) in [6, 6.07) is 0. The highest BCUT2D eigenvalue weighted by atomic mass is 32.1. The summed E-state index contributed by atoms with van der Waals surface area (Å²) in [5.41, 5.74) is 0. The third kappa shape index (κ3) is 2.97. The Labute approximate surface area is 92.4 Å². The topological polar surface area (TPSA) is 66.9 Å². The van der Waals surface area contributed by atoms with E-state index in [1.807, 2.05) is 0 Å². The Morgan fingerprint density at radius 2 is 2.67 bits per heavy atom. The van der Waals surface area contributed by atoms with Gasteiger partial charge in [0, 0.05) is 6.54 Å². The molecular formula is C9H14N4OS. The summed E-state index contributed by atoms with van der Waals surface area (Å²) < 4.78 is 3.65. The van der Waals surface area contributed by atoms with Gasteiger partial charge in [-0.25, -0.2) is 0 Å². The second-order valence-electron chi connectivity index (χ2n) is 3.69. The molecule has 0 saturated carbocycles. The van der Waals surface area contributed by atoms with Crippen LogP contribution in [0.3, 0.4) is 0 Å². The molecule has 1 aliphatic rings. The summed E-state index contributed by atoms with van der Waals surface area (Å²) in [7, 11) is 0. The molecule has 1 aromatic heterocycles. The Kier molecular flexibility index (Phi) is 3.63. The predicted octanol–water partition coefficient (Wildman–Crippen LogP) is 0.267. The van der Waals surface area contributed by atoms with E-state index in [-0.39, 0.29) is 5.91 Å². The minimum Gasteiger partial charge on any atom is -0.351 e. The molecule has 0 aromatic carbocycles. The van der Waals surface area contributed by atoms with Crippen LogP contribution in [0.1, 0.15) is 22.5 Å². The summed E-state index contributed by atoms with van der Waals surface area (Å²) in [5.74, 6) is 0.654. The molecule has 1 aromatic rings. The fourth-order valence-corrected chi connectivity index (χ4v) is 2.14. The molecule has 0 spiro atoms. The molecule has 2 rings (SSSR count). The number of amides is 1. The normalized spacial score (nSPS) is 20.4. The highest BCUT2D eigenvalue weighted by Gasteiger charge is 2.14. The SMILES string of the molecule is O=C(NCCC1CCNC1)c1cnns1. The van der Waals surface area contributed by atoms with Gasteiger partial charge in [0.25, 0.3) is 5.91 Å². The molecule has 0 aliphatic carbocycles. The average Bonchev–Trinajstić information content (AvgIpc) is 2.90. The smallest absolute Gasteiger partial charge is 0.264 e. The number of hydrogen-bond acceptors (Lipinski definition) is 5. The van der Waals surface area contributed by atoms with Gasteiger partial charge in [-0.05, 0) is 43.4 Å². The van der Waals surface area contributed by atoms with Crippen LogP contribution in [0.5, 0.6) is 0 Å². The van der Waals surface area contributed by atoms with Gasteiger partial charge in [-0.2, -0.15) is 0 Å². The number of carbonyl (C=O) groups excluding carboxylic acids is 1. The van der Waals surface area contributed by atoms with Crippen molar-refractivity contribution in [2.24, 2.45) is 5.92 Å². The van der Waals surface area contributed by atoms with Crippen LogP contribution in [-0.4, -0.2) is 35.1 Å². The van der Waals surface area contributed by atoms with E-state index in [1.165, 1.54) is 12.6 Å². The number of carbonyl (C=O) groups is 1. The molecule has 0 bridgehead atoms. The lowest BCUT2D eigenvalue weighted by atomic mass is 10.1. The molecular weight excluding hydrogens is 212 g/mol. The van der Waals surface area contributed by atoms with Crippen molar-refractivity contribution in [2.75, 3.05) is 19.6 Å². The second-order valence-corrected chi connectivity index (χ2v) is 4.47. The summed E-state index contributed by atoms with van der Waals surface area (Å²) >= 11 is 1.13. The lowest BCUT2D eigenvalue weighted by molar-refractivity contribution is 0.0955. The number of hydrogen-bond donors (Lipinski definition) is 2. The zero-order chi connectivity index (χ0) is 10.5. The molecule has 2 N–H and O–H groups in total. The molecule has 1 amide bonds. The minimum absolute atomic E-state index is 0.0593. The van der Waals surface area contributed by atoms with Gasteiger partial charge < -0.3 is 10.6 Å². The van der Waals surface area contributed by atoms with Crippen molar-refractivity contribution in [1.29, 1.82) is 0 Å². The van der Waals surface area contributed by atoms with Crippen LogP contribution >= 0.6 is 11.5 Å². The van der Waals surface area contributed by atoms with Crippen molar-refractivity contribution in [1.82, 2.24) is 20.2 Å².